The first-order valence-corrected chi connectivity index (χ1v) is 13.0. The summed E-state index contributed by atoms with van der Waals surface area (Å²) in [6, 6.07) is 19.8. The van der Waals surface area contributed by atoms with Crippen LogP contribution >= 0.6 is 0 Å². The fraction of sp³-hybridized carbons (Fsp3) is 0.308. The molecule has 0 bridgehead atoms. The van der Waals surface area contributed by atoms with Crippen molar-refractivity contribution < 1.29 is 27.5 Å². The Balaban J connectivity index is 1.31. The Morgan fingerprint density at radius 3 is 2.37 bits per heavy atom. The van der Waals surface area contributed by atoms with Gasteiger partial charge in [-0.1, -0.05) is 42.5 Å². The second kappa shape index (κ2) is 9.31. The van der Waals surface area contributed by atoms with Crippen LogP contribution in [0.1, 0.15) is 12.8 Å². The zero-order valence-corrected chi connectivity index (χ0v) is 20.1. The molecule has 0 aliphatic carbocycles. The number of para-hydroxylation sites is 2. The number of fused-ring (bicyclic) bond motifs is 2. The first-order chi connectivity index (χ1) is 16.9. The molecule has 0 radical (unpaired) electrons. The maximum Gasteiger partial charge on any atom is 0.348 e. The number of benzene rings is 3. The number of esters is 1. The standard InChI is InChI=1S/C26H26N2O6S/c1-33-26(30)24-17-28(22-8-4-5-9-23(22)34-24)25(29)19-12-14-27(15-13-19)35(31,32)21-11-10-18-6-2-3-7-20(18)16-21/h2-11,16,19,24H,12-15,17H2,1H3/t24-/m0/s1. The molecule has 9 heteroatoms. The van der Waals surface area contributed by atoms with Crippen LogP contribution in [0, 0.1) is 5.92 Å². The van der Waals surface area contributed by atoms with Crippen LogP contribution in [0.3, 0.4) is 0 Å². The fourth-order valence-corrected chi connectivity index (χ4v) is 6.24. The molecule has 2 aliphatic rings. The lowest BCUT2D eigenvalue weighted by Gasteiger charge is -2.37. The van der Waals surface area contributed by atoms with E-state index in [1.54, 1.807) is 41.3 Å². The number of piperidine rings is 1. The van der Waals surface area contributed by atoms with Gasteiger partial charge in [0.25, 0.3) is 0 Å². The monoisotopic (exact) mass is 494 g/mol. The summed E-state index contributed by atoms with van der Waals surface area (Å²) in [7, 11) is -2.39. The second-order valence-corrected chi connectivity index (χ2v) is 10.7. The molecule has 1 fully saturated rings. The van der Waals surface area contributed by atoms with Crippen molar-refractivity contribution in [2.24, 2.45) is 5.92 Å². The fourth-order valence-electron chi connectivity index (χ4n) is 4.74. The smallest absolute Gasteiger partial charge is 0.348 e. The van der Waals surface area contributed by atoms with Gasteiger partial charge in [0.1, 0.15) is 5.75 Å². The predicted octanol–water partition coefficient (Wildman–Crippen LogP) is 3.21. The summed E-state index contributed by atoms with van der Waals surface area (Å²) >= 11 is 0. The van der Waals surface area contributed by atoms with Gasteiger partial charge in [-0.15, -0.1) is 0 Å². The average Bonchev–Trinajstić information content (AvgIpc) is 2.91. The van der Waals surface area contributed by atoms with Crippen LogP contribution < -0.4 is 9.64 Å². The molecule has 0 N–H and O–H groups in total. The number of ether oxygens (including phenoxy) is 2. The van der Waals surface area contributed by atoms with Gasteiger partial charge in [0, 0.05) is 19.0 Å². The third kappa shape index (κ3) is 4.37. The van der Waals surface area contributed by atoms with E-state index in [0.29, 0.717) is 24.3 Å². The van der Waals surface area contributed by atoms with Crippen LogP contribution in [-0.2, 0) is 24.3 Å². The Kier molecular flexibility index (Phi) is 6.21. The Hall–Kier alpha value is -3.43. The van der Waals surface area contributed by atoms with E-state index < -0.39 is 22.1 Å². The van der Waals surface area contributed by atoms with E-state index in [9.17, 15) is 18.0 Å². The van der Waals surface area contributed by atoms with Crippen LogP contribution in [0.15, 0.2) is 71.6 Å². The van der Waals surface area contributed by atoms with Crippen molar-refractivity contribution in [1.29, 1.82) is 0 Å². The summed E-state index contributed by atoms with van der Waals surface area (Å²) < 4.78 is 38.6. The van der Waals surface area contributed by atoms with Crippen molar-refractivity contribution in [3.05, 3.63) is 66.7 Å². The van der Waals surface area contributed by atoms with Gasteiger partial charge in [-0.3, -0.25) is 4.79 Å². The first kappa shape index (κ1) is 23.3. The molecule has 1 amide bonds. The highest BCUT2D eigenvalue weighted by molar-refractivity contribution is 7.89. The highest BCUT2D eigenvalue weighted by Gasteiger charge is 2.39. The molecular formula is C26H26N2O6S. The summed E-state index contributed by atoms with van der Waals surface area (Å²) in [6.45, 7) is 0.550. The Labute approximate surface area is 204 Å². The number of carbonyl (C=O) groups excluding carboxylic acids is 2. The Bertz CT molecular complexity index is 1380. The highest BCUT2D eigenvalue weighted by atomic mass is 32.2. The first-order valence-electron chi connectivity index (χ1n) is 11.5. The minimum Gasteiger partial charge on any atom is -0.475 e. The molecule has 1 saturated heterocycles. The quantitative estimate of drug-likeness (QED) is 0.517. The minimum absolute atomic E-state index is 0.0537. The van der Waals surface area contributed by atoms with Gasteiger partial charge in [0.2, 0.25) is 22.0 Å². The summed E-state index contributed by atoms with van der Waals surface area (Å²) in [6.07, 6.45) is -0.116. The van der Waals surface area contributed by atoms with Crippen molar-refractivity contribution in [1.82, 2.24) is 4.31 Å². The molecule has 2 aliphatic heterocycles. The van der Waals surface area contributed by atoms with Crippen molar-refractivity contribution in [3.8, 4) is 5.75 Å². The van der Waals surface area contributed by atoms with E-state index in [1.807, 2.05) is 30.3 Å². The van der Waals surface area contributed by atoms with Crippen LogP contribution in [0.4, 0.5) is 5.69 Å². The normalized spacial score (nSPS) is 19.1. The van der Waals surface area contributed by atoms with E-state index in [2.05, 4.69) is 0 Å². The number of methoxy groups -OCH3 is 1. The lowest BCUT2D eigenvalue weighted by molar-refractivity contribution is -0.148. The van der Waals surface area contributed by atoms with Gasteiger partial charge in [-0.2, -0.15) is 4.31 Å². The van der Waals surface area contributed by atoms with Gasteiger partial charge in [0.15, 0.2) is 0 Å². The number of hydrogen-bond donors (Lipinski definition) is 0. The molecule has 8 nitrogen and oxygen atoms in total. The highest BCUT2D eigenvalue weighted by Crippen LogP contribution is 2.36. The SMILES string of the molecule is COC(=O)[C@@H]1CN(C(=O)C2CCN(S(=O)(=O)c3ccc4ccccc4c3)CC2)c2ccccc2O1. The third-order valence-electron chi connectivity index (χ3n) is 6.67. The lowest BCUT2D eigenvalue weighted by Crippen LogP contribution is -2.51. The zero-order chi connectivity index (χ0) is 24.6. The second-order valence-electron chi connectivity index (χ2n) is 8.73. The Morgan fingerprint density at radius 2 is 1.63 bits per heavy atom. The summed E-state index contributed by atoms with van der Waals surface area (Å²) in [4.78, 5) is 27.4. The van der Waals surface area contributed by atoms with Gasteiger partial charge in [-0.25, -0.2) is 13.2 Å². The zero-order valence-electron chi connectivity index (χ0n) is 19.3. The van der Waals surface area contributed by atoms with Crippen molar-refractivity contribution in [2.75, 3.05) is 31.6 Å². The van der Waals surface area contributed by atoms with Gasteiger partial charge >= 0.3 is 5.97 Å². The summed E-state index contributed by atoms with van der Waals surface area (Å²) in [5.41, 5.74) is 0.601. The molecule has 0 saturated carbocycles. The van der Waals surface area contributed by atoms with Gasteiger partial charge in [-0.05, 0) is 47.9 Å². The largest absolute Gasteiger partial charge is 0.475 e. The molecule has 2 heterocycles. The van der Waals surface area contributed by atoms with E-state index >= 15 is 0 Å². The molecule has 182 valence electrons. The van der Waals surface area contributed by atoms with Crippen molar-refractivity contribution in [3.63, 3.8) is 0 Å². The number of carbonyl (C=O) groups is 2. The van der Waals surface area contributed by atoms with Crippen LogP contribution in [-0.4, -0.2) is 57.4 Å². The summed E-state index contributed by atoms with van der Waals surface area (Å²) in [5.74, 6) is -0.604. The molecule has 1 atom stereocenters. The number of amides is 1. The topological polar surface area (TPSA) is 93.2 Å². The van der Waals surface area contributed by atoms with E-state index in [-0.39, 0.29) is 36.4 Å². The van der Waals surface area contributed by atoms with Crippen LogP contribution in [0.5, 0.6) is 5.75 Å². The Morgan fingerprint density at radius 1 is 0.943 bits per heavy atom. The van der Waals surface area contributed by atoms with Gasteiger partial charge in [0.05, 0.1) is 24.2 Å². The van der Waals surface area contributed by atoms with Crippen molar-refractivity contribution in [2.45, 2.75) is 23.8 Å². The lowest BCUT2D eigenvalue weighted by atomic mass is 9.95. The predicted molar refractivity (Wildman–Crippen MR) is 131 cm³/mol. The van der Waals surface area contributed by atoms with Crippen LogP contribution in [0.25, 0.3) is 10.8 Å². The summed E-state index contributed by atoms with van der Waals surface area (Å²) in [5, 5.41) is 1.84. The van der Waals surface area contributed by atoms with E-state index in [0.717, 1.165) is 10.8 Å². The maximum absolute atomic E-state index is 13.5. The minimum atomic E-state index is -3.67. The van der Waals surface area contributed by atoms with E-state index in [1.165, 1.54) is 11.4 Å². The third-order valence-corrected chi connectivity index (χ3v) is 8.56. The molecule has 3 aromatic rings. The van der Waals surface area contributed by atoms with Gasteiger partial charge < -0.3 is 14.4 Å². The van der Waals surface area contributed by atoms with E-state index in [4.69, 9.17) is 9.47 Å². The van der Waals surface area contributed by atoms with Crippen LogP contribution in [0.2, 0.25) is 0 Å². The molecule has 0 spiro atoms. The molecular weight excluding hydrogens is 468 g/mol. The average molecular weight is 495 g/mol. The number of sulfonamides is 1. The molecule has 0 aromatic heterocycles. The molecule has 5 rings (SSSR count). The van der Waals surface area contributed by atoms with Crippen molar-refractivity contribution >= 4 is 38.4 Å². The molecule has 0 unspecified atom stereocenters. The maximum atomic E-state index is 13.5. The number of rotatable bonds is 4. The molecule has 3 aromatic carbocycles. The molecule has 35 heavy (non-hydrogen) atoms. The number of anilines is 1. The number of hydrogen-bond acceptors (Lipinski definition) is 6. The number of nitrogens with zero attached hydrogens (tertiary/aromatic N) is 2.